The topological polar surface area (TPSA) is 75.2 Å². The predicted octanol–water partition coefficient (Wildman–Crippen LogP) is 2.70. The maximum absolute atomic E-state index is 12.5. The molecule has 2 aliphatic heterocycles. The lowest BCUT2D eigenvalue weighted by Gasteiger charge is -2.25. The summed E-state index contributed by atoms with van der Waals surface area (Å²) in [5.41, 5.74) is 2.51. The normalized spacial score (nSPS) is 17.3. The average molecular weight is 423 g/mol. The smallest absolute Gasteiger partial charge is 0.223 e. The lowest BCUT2D eigenvalue weighted by molar-refractivity contribution is -0.131. The molecular formula is C24H30N4O3. The fourth-order valence-electron chi connectivity index (χ4n) is 3.80. The number of nitrogens with zero attached hydrogens (tertiary/aromatic N) is 2. The van der Waals surface area contributed by atoms with Crippen molar-refractivity contribution in [1.29, 1.82) is 0 Å². The van der Waals surface area contributed by atoms with Gasteiger partial charge in [-0.25, -0.2) is 4.99 Å². The monoisotopic (exact) mass is 422 g/mol. The number of guanidine groups is 1. The van der Waals surface area contributed by atoms with Crippen LogP contribution in [0.5, 0.6) is 11.5 Å². The lowest BCUT2D eigenvalue weighted by Crippen LogP contribution is -2.40. The van der Waals surface area contributed by atoms with Gasteiger partial charge in [0, 0.05) is 32.6 Å². The Morgan fingerprint density at radius 3 is 2.52 bits per heavy atom. The Bertz CT molecular complexity index is 906. The van der Waals surface area contributed by atoms with E-state index in [9.17, 15) is 4.79 Å². The van der Waals surface area contributed by atoms with Crippen molar-refractivity contribution in [3.05, 3.63) is 59.7 Å². The zero-order valence-corrected chi connectivity index (χ0v) is 18.0. The van der Waals surface area contributed by atoms with Crippen LogP contribution in [0.15, 0.2) is 53.5 Å². The first-order valence-electron chi connectivity index (χ1n) is 11.0. The number of carbonyl (C=O) groups is 1. The maximum atomic E-state index is 12.5. The Hall–Kier alpha value is -3.22. The van der Waals surface area contributed by atoms with Gasteiger partial charge < -0.3 is 25.0 Å². The number of fused-ring (bicyclic) bond motifs is 2. The van der Waals surface area contributed by atoms with Gasteiger partial charge in [-0.2, -0.15) is 0 Å². The quantitative estimate of drug-likeness (QED) is 0.408. The highest BCUT2D eigenvalue weighted by Crippen LogP contribution is 2.30. The van der Waals surface area contributed by atoms with Gasteiger partial charge in [0.05, 0.1) is 6.54 Å². The van der Waals surface area contributed by atoms with Crippen LogP contribution in [0.3, 0.4) is 0 Å². The fraction of sp³-hybridized carbons (Fsp3) is 0.417. The minimum absolute atomic E-state index is 0.122. The van der Waals surface area contributed by atoms with Gasteiger partial charge in [-0.15, -0.1) is 0 Å². The average Bonchev–Trinajstić information content (AvgIpc) is 3.24. The molecule has 0 saturated carbocycles. The number of hydrogen-bond donors (Lipinski definition) is 2. The lowest BCUT2D eigenvalue weighted by atomic mass is 10.1. The summed E-state index contributed by atoms with van der Waals surface area (Å²) >= 11 is 0. The predicted molar refractivity (Wildman–Crippen MR) is 120 cm³/mol. The Morgan fingerprint density at radius 1 is 1.06 bits per heavy atom. The maximum Gasteiger partial charge on any atom is 0.223 e. The Balaban J connectivity index is 1.20. The minimum Gasteiger partial charge on any atom is -0.486 e. The van der Waals surface area contributed by atoms with Gasteiger partial charge in [-0.1, -0.05) is 36.4 Å². The van der Waals surface area contributed by atoms with Crippen LogP contribution in [0.4, 0.5) is 0 Å². The molecule has 1 atom stereocenters. The van der Waals surface area contributed by atoms with E-state index in [2.05, 4.69) is 27.8 Å². The van der Waals surface area contributed by atoms with E-state index in [1.165, 1.54) is 11.1 Å². The number of hydrogen-bond acceptors (Lipinski definition) is 4. The second-order valence-corrected chi connectivity index (χ2v) is 7.77. The third kappa shape index (κ3) is 5.48. The molecule has 0 fully saturated rings. The highest BCUT2D eigenvalue weighted by Gasteiger charge is 2.22. The molecule has 31 heavy (non-hydrogen) atoms. The van der Waals surface area contributed by atoms with Gasteiger partial charge in [0.25, 0.3) is 0 Å². The Morgan fingerprint density at radius 2 is 1.77 bits per heavy atom. The standard InChI is InChI=1S/C24H30N4O3/c1-2-25-24(27-14-20-17-30-21-10-5-6-11-22(21)31-20)26-13-7-12-23(29)28-15-18-8-3-4-9-19(18)16-28/h3-6,8-11,20H,2,7,12-17H2,1H3,(H2,25,26,27). The minimum atomic E-state index is -0.122. The summed E-state index contributed by atoms with van der Waals surface area (Å²) in [7, 11) is 0. The summed E-state index contributed by atoms with van der Waals surface area (Å²) in [6.07, 6.45) is 1.16. The zero-order valence-electron chi connectivity index (χ0n) is 18.0. The van der Waals surface area contributed by atoms with E-state index >= 15 is 0 Å². The second-order valence-electron chi connectivity index (χ2n) is 7.77. The van der Waals surface area contributed by atoms with Crippen molar-refractivity contribution in [3.8, 4) is 11.5 Å². The van der Waals surface area contributed by atoms with Crippen molar-refractivity contribution in [2.45, 2.75) is 39.0 Å². The van der Waals surface area contributed by atoms with E-state index in [0.717, 1.165) is 43.5 Å². The summed E-state index contributed by atoms with van der Waals surface area (Å²) in [5, 5.41) is 6.56. The van der Waals surface area contributed by atoms with Crippen LogP contribution in [-0.4, -0.2) is 49.1 Å². The summed E-state index contributed by atoms with van der Waals surface area (Å²) in [6, 6.07) is 15.9. The van der Waals surface area contributed by atoms with E-state index in [-0.39, 0.29) is 12.0 Å². The third-order valence-corrected chi connectivity index (χ3v) is 5.42. The number of amides is 1. The number of benzene rings is 2. The largest absolute Gasteiger partial charge is 0.486 e. The zero-order chi connectivity index (χ0) is 21.5. The van der Waals surface area contributed by atoms with Gasteiger partial charge in [0.2, 0.25) is 5.91 Å². The highest BCUT2D eigenvalue weighted by molar-refractivity contribution is 5.80. The molecule has 7 nitrogen and oxygen atoms in total. The highest BCUT2D eigenvalue weighted by atomic mass is 16.6. The number of para-hydroxylation sites is 2. The molecule has 2 heterocycles. The van der Waals surface area contributed by atoms with E-state index in [0.29, 0.717) is 26.1 Å². The number of aliphatic imine (C=N–C) groups is 1. The first-order valence-corrected chi connectivity index (χ1v) is 11.0. The van der Waals surface area contributed by atoms with E-state index < -0.39 is 0 Å². The Kier molecular flexibility index (Phi) is 6.92. The first kappa shape index (κ1) is 21.0. The molecular weight excluding hydrogens is 392 g/mol. The SMILES string of the molecule is CCNC(=NCC1COc2ccccc2O1)NCCCC(=O)N1Cc2ccccc2C1. The number of rotatable bonds is 7. The molecule has 0 aromatic heterocycles. The van der Waals surface area contributed by atoms with Gasteiger partial charge >= 0.3 is 0 Å². The fourth-order valence-corrected chi connectivity index (χ4v) is 3.80. The molecule has 0 spiro atoms. The van der Waals surface area contributed by atoms with Crippen LogP contribution in [-0.2, 0) is 17.9 Å². The van der Waals surface area contributed by atoms with Crippen LogP contribution in [0, 0.1) is 0 Å². The van der Waals surface area contributed by atoms with Crippen LogP contribution in [0.2, 0.25) is 0 Å². The molecule has 2 aromatic carbocycles. The molecule has 1 amide bonds. The van der Waals surface area contributed by atoms with Gasteiger partial charge in [0.15, 0.2) is 23.6 Å². The molecule has 0 saturated heterocycles. The first-order chi connectivity index (χ1) is 15.2. The van der Waals surface area contributed by atoms with Crippen LogP contribution in [0.1, 0.15) is 30.9 Å². The summed E-state index contributed by atoms with van der Waals surface area (Å²) in [4.78, 5) is 19.1. The number of nitrogens with one attached hydrogen (secondary N) is 2. The van der Waals surface area contributed by atoms with Gasteiger partial charge in [0.1, 0.15) is 6.61 Å². The van der Waals surface area contributed by atoms with Crippen LogP contribution in [0.25, 0.3) is 0 Å². The molecule has 0 aliphatic carbocycles. The summed E-state index contributed by atoms with van der Waals surface area (Å²) < 4.78 is 11.7. The van der Waals surface area contributed by atoms with Crippen molar-refractivity contribution < 1.29 is 14.3 Å². The van der Waals surface area contributed by atoms with Gasteiger partial charge in [-0.05, 0) is 36.6 Å². The molecule has 4 rings (SSSR count). The molecule has 2 aromatic rings. The van der Waals surface area contributed by atoms with Crippen molar-refractivity contribution in [1.82, 2.24) is 15.5 Å². The van der Waals surface area contributed by atoms with Crippen molar-refractivity contribution in [3.63, 3.8) is 0 Å². The summed E-state index contributed by atoms with van der Waals surface area (Å²) in [5.74, 6) is 2.46. The van der Waals surface area contributed by atoms with Crippen LogP contribution >= 0.6 is 0 Å². The Labute approximate surface area is 183 Å². The summed E-state index contributed by atoms with van der Waals surface area (Å²) in [6.45, 7) is 5.90. The molecule has 164 valence electrons. The van der Waals surface area contributed by atoms with Crippen LogP contribution < -0.4 is 20.1 Å². The van der Waals surface area contributed by atoms with Crippen molar-refractivity contribution >= 4 is 11.9 Å². The van der Waals surface area contributed by atoms with E-state index in [1.807, 2.05) is 48.2 Å². The molecule has 0 bridgehead atoms. The van der Waals surface area contributed by atoms with Gasteiger partial charge in [-0.3, -0.25) is 4.79 Å². The van der Waals surface area contributed by atoms with Crippen molar-refractivity contribution in [2.24, 2.45) is 4.99 Å². The molecule has 7 heteroatoms. The molecule has 0 radical (unpaired) electrons. The van der Waals surface area contributed by atoms with Crippen molar-refractivity contribution in [2.75, 3.05) is 26.2 Å². The molecule has 1 unspecified atom stereocenters. The van der Waals surface area contributed by atoms with E-state index in [1.54, 1.807) is 0 Å². The third-order valence-electron chi connectivity index (χ3n) is 5.42. The number of ether oxygens (including phenoxy) is 2. The second kappa shape index (κ2) is 10.2. The number of carbonyl (C=O) groups excluding carboxylic acids is 1. The molecule has 2 N–H and O–H groups in total. The molecule has 2 aliphatic rings. The van der Waals surface area contributed by atoms with E-state index in [4.69, 9.17) is 9.47 Å².